The fourth-order valence-electron chi connectivity index (χ4n) is 3.07. The SMILES string of the molecule is CC(C)[C@]1(C(=O)OC2CC2)CC[C@@H](NC(=O)OC(C)(C)C)C1. The van der Waals surface area contributed by atoms with Crippen molar-refractivity contribution in [2.75, 3.05) is 0 Å². The molecule has 0 radical (unpaired) electrons. The van der Waals surface area contributed by atoms with E-state index >= 15 is 0 Å². The van der Waals surface area contributed by atoms with Gasteiger partial charge in [-0.05, 0) is 58.8 Å². The van der Waals surface area contributed by atoms with E-state index in [9.17, 15) is 9.59 Å². The molecule has 2 aliphatic rings. The van der Waals surface area contributed by atoms with Gasteiger partial charge in [-0.2, -0.15) is 0 Å². The Bertz CT molecular complexity index is 436. The quantitative estimate of drug-likeness (QED) is 0.808. The van der Waals surface area contributed by atoms with Gasteiger partial charge in [-0.1, -0.05) is 13.8 Å². The van der Waals surface area contributed by atoms with E-state index in [4.69, 9.17) is 9.47 Å². The summed E-state index contributed by atoms with van der Waals surface area (Å²) in [6.45, 7) is 9.64. The monoisotopic (exact) mass is 311 g/mol. The lowest BCUT2D eigenvalue weighted by atomic mass is 9.75. The van der Waals surface area contributed by atoms with E-state index in [2.05, 4.69) is 19.2 Å². The van der Waals surface area contributed by atoms with Crippen molar-refractivity contribution in [3.05, 3.63) is 0 Å². The number of alkyl carbamates (subject to hydrolysis) is 1. The maximum Gasteiger partial charge on any atom is 0.407 e. The van der Waals surface area contributed by atoms with Crippen LogP contribution in [0.1, 0.15) is 66.7 Å². The number of hydrogen-bond donors (Lipinski definition) is 1. The zero-order valence-corrected chi connectivity index (χ0v) is 14.4. The Labute approximate surface area is 133 Å². The summed E-state index contributed by atoms with van der Waals surface area (Å²) in [5.74, 6) is 0.114. The lowest BCUT2D eigenvalue weighted by Gasteiger charge is -2.31. The van der Waals surface area contributed by atoms with Crippen molar-refractivity contribution in [3.63, 3.8) is 0 Å². The molecule has 0 aromatic carbocycles. The maximum absolute atomic E-state index is 12.6. The van der Waals surface area contributed by atoms with Crippen LogP contribution in [0.5, 0.6) is 0 Å². The number of carbonyl (C=O) groups is 2. The van der Waals surface area contributed by atoms with E-state index in [1.54, 1.807) is 0 Å². The van der Waals surface area contributed by atoms with Gasteiger partial charge >= 0.3 is 12.1 Å². The van der Waals surface area contributed by atoms with Gasteiger partial charge in [-0.15, -0.1) is 0 Å². The second kappa shape index (κ2) is 6.09. The van der Waals surface area contributed by atoms with E-state index in [1.165, 1.54) is 0 Å². The molecule has 2 aliphatic carbocycles. The summed E-state index contributed by atoms with van der Waals surface area (Å²) in [6.07, 6.45) is 3.87. The molecular formula is C17H29NO4. The molecule has 22 heavy (non-hydrogen) atoms. The molecule has 2 fully saturated rings. The minimum absolute atomic E-state index is 0.0241. The van der Waals surface area contributed by atoms with Crippen LogP contribution in [0.25, 0.3) is 0 Å². The van der Waals surface area contributed by atoms with Crippen LogP contribution in [0.3, 0.4) is 0 Å². The van der Waals surface area contributed by atoms with Crippen LogP contribution >= 0.6 is 0 Å². The highest BCUT2D eigenvalue weighted by Gasteiger charge is 2.50. The molecule has 5 nitrogen and oxygen atoms in total. The number of hydrogen-bond acceptors (Lipinski definition) is 4. The summed E-state index contributed by atoms with van der Waals surface area (Å²) in [5.41, 5.74) is -0.981. The van der Waals surface area contributed by atoms with Gasteiger partial charge in [0.1, 0.15) is 11.7 Å². The van der Waals surface area contributed by atoms with Gasteiger partial charge in [-0.3, -0.25) is 4.79 Å². The summed E-state index contributed by atoms with van der Waals surface area (Å²) < 4.78 is 10.9. The molecule has 126 valence electrons. The topological polar surface area (TPSA) is 64.6 Å². The molecule has 1 amide bonds. The average Bonchev–Trinajstić information content (AvgIpc) is 3.04. The molecular weight excluding hydrogens is 282 g/mol. The molecule has 0 heterocycles. The Morgan fingerprint density at radius 2 is 1.82 bits per heavy atom. The third-order valence-corrected chi connectivity index (χ3v) is 4.58. The van der Waals surface area contributed by atoms with Crippen molar-refractivity contribution < 1.29 is 19.1 Å². The summed E-state index contributed by atoms with van der Waals surface area (Å²) >= 11 is 0. The minimum atomic E-state index is -0.511. The summed E-state index contributed by atoms with van der Waals surface area (Å²) in [5, 5.41) is 2.90. The lowest BCUT2D eigenvalue weighted by molar-refractivity contribution is -0.160. The number of nitrogens with one attached hydrogen (secondary N) is 1. The number of amides is 1. The van der Waals surface area contributed by atoms with E-state index < -0.39 is 17.1 Å². The first-order chi connectivity index (χ1) is 10.1. The van der Waals surface area contributed by atoms with E-state index in [1.807, 2.05) is 20.8 Å². The maximum atomic E-state index is 12.6. The Hall–Kier alpha value is -1.26. The van der Waals surface area contributed by atoms with Gasteiger partial charge in [-0.25, -0.2) is 4.79 Å². The van der Waals surface area contributed by atoms with Gasteiger partial charge in [0.15, 0.2) is 0 Å². The van der Waals surface area contributed by atoms with Gasteiger partial charge in [0.05, 0.1) is 5.41 Å². The number of esters is 1. The van der Waals surface area contributed by atoms with Crippen LogP contribution in [0.4, 0.5) is 4.79 Å². The molecule has 2 rings (SSSR count). The molecule has 0 saturated heterocycles. The Morgan fingerprint density at radius 1 is 1.18 bits per heavy atom. The Morgan fingerprint density at radius 3 is 2.32 bits per heavy atom. The Balaban J connectivity index is 1.95. The van der Waals surface area contributed by atoms with Crippen LogP contribution in [0.15, 0.2) is 0 Å². The van der Waals surface area contributed by atoms with E-state index in [-0.39, 0.29) is 24.0 Å². The van der Waals surface area contributed by atoms with Gasteiger partial charge in [0.25, 0.3) is 0 Å². The third-order valence-electron chi connectivity index (χ3n) is 4.58. The fourth-order valence-corrected chi connectivity index (χ4v) is 3.07. The molecule has 0 unspecified atom stereocenters. The number of carbonyl (C=O) groups excluding carboxylic acids is 2. The number of rotatable bonds is 4. The molecule has 1 N–H and O–H groups in total. The van der Waals surface area contributed by atoms with Crippen LogP contribution in [-0.4, -0.2) is 29.8 Å². The van der Waals surface area contributed by atoms with Gasteiger partial charge in [0.2, 0.25) is 0 Å². The molecule has 0 spiro atoms. The van der Waals surface area contributed by atoms with Crippen molar-refractivity contribution in [1.29, 1.82) is 0 Å². The first kappa shape index (κ1) is 17.1. The second-order valence-corrected chi connectivity index (χ2v) is 8.00. The lowest BCUT2D eigenvalue weighted by Crippen LogP contribution is -2.41. The van der Waals surface area contributed by atoms with E-state index in [0.29, 0.717) is 6.42 Å². The predicted molar refractivity (Wildman–Crippen MR) is 83.4 cm³/mol. The highest BCUT2D eigenvalue weighted by molar-refractivity contribution is 5.78. The molecule has 0 aliphatic heterocycles. The fraction of sp³-hybridized carbons (Fsp3) is 0.882. The largest absolute Gasteiger partial charge is 0.462 e. The standard InChI is InChI=1S/C17H29NO4/c1-11(2)17(14(19)21-13-6-7-13)9-8-12(10-17)18-15(20)22-16(3,4)5/h11-13H,6-10H2,1-5H3,(H,18,20)/t12-,17+/m1/s1. The molecule has 5 heteroatoms. The van der Waals surface area contributed by atoms with Crippen LogP contribution in [-0.2, 0) is 14.3 Å². The zero-order valence-electron chi connectivity index (χ0n) is 14.4. The highest BCUT2D eigenvalue weighted by Crippen LogP contribution is 2.46. The van der Waals surface area contributed by atoms with Crippen molar-refractivity contribution >= 4 is 12.1 Å². The smallest absolute Gasteiger partial charge is 0.407 e. The third kappa shape index (κ3) is 4.14. The summed E-state index contributed by atoms with van der Waals surface area (Å²) in [4.78, 5) is 24.5. The van der Waals surface area contributed by atoms with Crippen molar-refractivity contribution in [2.45, 2.75) is 84.5 Å². The molecule has 2 saturated carbocycles. The van der Waals surface area contributed by atoms with Gasteiger partial charge in [0, 0.05) is 6.04 Å². The first-order valence-corrected chi connectivity index (χ1v) is 8.33. The van der Waals surface area contributed by atoms with E-state index in [0.717, 1.165) is 25.7 Å². The van der Waals surface area contributed by atoms with Crippen LogP contribution in [0, 0.1) is 11.3 Å². The average molecular weight is 311 g/mol. The Kier molecular flexibility index (Phi) is 4.73. The molecule has 2 atom stereocenters. The zero-order chi connectivity index (χ0) is 16.5. The minimum Gasteiger partial charge on any atom is -0.462 e. The summed E-state index contributed by atoms with van der Waals surface area (Å²) in [6, 6.07) is -0.0241. The predicted octanol–water partition coefficient (Wildman–Crippen LogP) is 3.41. The normalized spacial score (nSPS) is 28.5. The van der Waals surface area contributed by atoms with Gasteiger partial charge < -0.3 is 14.8 Å². The van der Waals surface area contributed by atoms with Crippen molar-refractivity contribution in [1.82, 2.24) is 5.32 Å². The number of ether oxygens (including phenoxy) is 2. The van der Waals surface area contributed by atoms with Crippen molar-refractivity contribution in [2.24, 2.45) is 11.3 Å². The summed E-state index contributed by atoms with van der Waals surface area (Å²) in [7, 11) is 0. The molecule has 0 aromatic heterocycles. The second-order valence-electron chi connectivity index (χ2n) is 8.00. The van der Waals surface area contributed by atoms with Crippen molar-refractivity contribution in [3.8, 4) is 0 Å². The molecule has 0 aromatic rings. The van der Waals surface area contributed by atoms with Crippen LogP contribution in [0.2, 0.25) is 0 Å². The first-order valence-electron chi connectivity index (χ1n) is 8.33. The van der Waals surface area contributed by atoms with Crippen LogP contribution < -0.4 is 5.32 Å². The molecule has 0 bridgehead atoms. The highest BCUT2D eigenvalue weighted by atomic mass is 16.6.